The molecule has 4 rings (SSSR count). The number of aromatic nitrogens is 2. The molecule has 0 aliphatic rings. The van der Waals surface area contributed by atoms with Crippen molar-refractivity contribution in [2.24, 2.45) is 0 Å². The van der Waals surface area contributed by atoms with Gasteiger partial charge in [0.15, 0.2) is 4.90 Å². The van der Waals surface area contributed by atoms with Gasteiger partial charge in [-0.05, 0) is 59.9 Å². The fraction of sp³-hybridized carbons (Fsp3) is 0.250. The van der Waals surface area contributed by atoms with Gasteiger partial charge in [-0.15, -0.1) is 0 Å². The van der Waals surface area contributed by atoms with Gasteiger partial charge >= 0.3 is 0 Å². The summed E-state index contributed by atoms with van der Waals surface area (Å²) in [6.07, 6.45) is 2.26. The number of carbonyl (C=O) groups excluding carboxylic acids is 1. The minimum absolute atomic E-state index is 0.203. The summed E-state index contributed by atoms with van der Waals surface area (Å²) in [4.78, 5) is 28.7. The summed E-state index contributed by atoms with van der Waals surface area (Å²) in [7, 11) is -2.98. The monoisotopic (exact) mass is 584 g/mol. The molecule has 1 heterocycles. The average molecular weight is 585 g/mol. The number of rotatable bonds is 10. The molecule has 42 heavy (non-hydrogen) atoms. The van der Waals surface area contributed by atoms with E-state index in [9.17, 15) is 28.4 Å². The van der Waals surface area contributed by atoms with E-state index in [1.54, 1.807) is 60.7 Å². The number of aryl methyl sites for hydroxylation is 1. The van der Waals surface area contributed by atoms with Crippen LogP contribution in [-0.2, 0) is 16.3 Å². The van der Waals surface area contributed by atoms with Gasteiger partial charge in [0.25, 0.3) is 11.5 Å². The van der Waals surface area contributed by atoms with Crippen molar-refractivity contribution in [3.05, 3.63) is 106 Å². The number of unbranched alkanes of at least 4 members (excludes halogenated alkanes) is 1. The Morgan fingerprint density at radius 2 is 1.79 bits per heavy atom. The minimum atomic E-state index is -4.50. The van der Waals surface area contributed by atoms with Crippen molar-refractivity contribution >= 4 is 15.7 Å². The van der Waals surface area contributed by atoms with Crippen LogP contribution in [0.25, 0.3) is 11.1 Å². The van der Waals surface area contributed by atoms with Crippen LogP contribution in [0.1, 0.15) is 66.5 Å². The SMILES string of the molecule is CCCCc1nc(=O)c(S(=O)(=O)c2ccc(-c3ccccc3C(=O)NC)cc2)c(O)n1C(CC)c1cccc(C#N)c1. The lowest BCUT2D eigenvalue weighted by Crippen LogP contribution is -2.27. The minimum Gasteiger partial charge on any atom is -0.493 e. The number of hydrogen-bond donors (Lipinski definition) is 2. The first kappa shape index (κ1) is 30.2. The van der Waals surface area contributed by atoms with Crippen LogP contribution in [0, 0.1) is 11.3 Å². The molecule has 0 aliphatic carbocycles. The first-order chi connectivity index (χ1) is 20.2. The molecule has 0 bridgehead atoms. The molecule has 10 heteroatoms. The summed E-state index contributed by atoms with van der Waals surface area (Å²) in [5, 5.41) is 23.5. The molecule has 2 N–H and O–H groups in total. The number of nitriles is 1. The lowest BCUT2D eigenvalue weighted by molar-refractivity contribution is 0.0963. The average Bonchev–Trinajstić information content (AvgIpc) is 3.01. The first-order valence-electron chi connectivity index (χ1n) is 13.7. The molecule has 1 atom stereocenters. The summed E-state index contributed by atoms with van der Waals surface area (Å²) in [6, 6.07) is 21.1. The van der Waals surface area contributed by atoms with E-state index in [1.165, 1.54) is 23.7 Å². The Balaban J connectivity index is 1.86. The van der Waals surface area contributed by atoms with Crippen molar-refractivity contribution < 1.29 is 18.3 Å². The van der Waals surface area contributed by atoms with Crippen LogP contribution in [0.4, 0.5) is 0 Å². The molecule has 0 saturated heterocycles. The van der Waals surface area contributed by atoms with E-state index in [0.29, 0.717) is 47.1 Å². The number of nitrogens with zero attached hydrogens (tertiary/aromatic N) is 3. The van der Waals surface area contributed by atoms with Gasteiger partial charge in [0.05, 0.1) is 22.6 Å². The van der Waals surface area contributed by atoms with Crippen molar-refractivity contribution in [1.29, 1.82) is 5.26 Å². The molecule has 216 valence electrons. The zero-order chi connectivity index (χ0) is 30.4. The normalized spacial score (nSPS) is 12.0. The Hall–Kier alpha value is -4.75. The van der Waals surface area contributed by atoms with Crippen LogP contribution < -0.4 is 10.9 Å². The molecule has 1 aromatic heterocycles. The number of carbonyl (C=O) groups is 1. The van der Waals surface area contributed by atoms with Gasteiger partial charge in [-0.2, -0.15) is 10.2 Å². The first-order valence-corrected chi connectivity index (χ1v) is 15.2. The van der Waals surface area contributed by atoms with Gasteiger partial charge in [-0.1, -0.05) is 62.7 Å². The Bertz CT molecular complexity index is 1820. The smallest absolute Gasteiger partial charge is 0.296 e. The van der Waals surface area contributed by atoms with E-state index in [1.807, 2.05) is 13.8 Å². The highest BCUT2D eigenvalue weighted by Gasteiger charge is 2.32. The fourth-order valence-electron chi connectivity index (χ4n) is 5.00. The van der Waals surface area contributed by atoms with Crippen molar-refractivity contribution in [1.82, 2.24) is 14.9 Å². The summed E-state index contributed by atoms with van der Waals surface area (Å²) >= 11 is 0. The van der Waals surface area contributed by atoms with Crippen molar-refractivity contribution in [3.8, 4) is 23.1 Å². The van der Waals surface area contributed by atoms with Gasteiger partial charge in [-0.25, -0.2) is 8.42 Å². The molecule has 9 nitrogen and oxygen atoms in total. The Labute approximate surface area is 245 Å². The molecular formula is C32H32N4O5S. The van der Waals surface area contributed by atoms with E-state index in [4.69, 9.17) is 0 Å². The maximum Gasteiger partial charge on any atom is 0.296 e. The topological polar surface area (TPSA) is 142 Å². The molecule has 0 radical (unpaired) electrons. The molecule has 1 unspecified atom stereocenters. The maximum absolute atomic E-state index is 13.8. The molecule has 4 aromatic rings. The van der Waals surface area contributed by atoms with Gasteiger partial charge in [-0.3, -0.25) is 14.2 Å². The van der Waals surface area contributed by atoms with E-state index >= 15 is 0 Å². The summed E-state index contributed by atoms with van der Waals surface area (Å²) in [5.41, 5.74) is 1.70. The number of nitrogens with one attached hydrogen (secondary N) is 1. The number of aromatic hydroxyl groups is 1. The standard InChI is InChI=1S/C32H32N4O5S/c1-4-6-14-28-35-31(38)29(32(39)36(28)27(5-2)23-11-9-10-21(19-23)20-33)42(40,41)24-17-15-22(16-18-24)25-12-7-8-13-26(25)30(37)34-3/h7-13,15-19,27,39H,4-6,14H2,1-3H3,(H,34,37). The molecule has 0 aliphatic heterocycles. The second kappa shape index (κ2) is 12.8. The molecule has 3 aromatic carbocycles. The molecular weight excluding hydrogens is 552 g/mol. The third kappa shape index (κ3) is 5.83. The quantitative estimate of drug-likeness (QED) is 0.266. The largest absolute Gasteiger partial charge is 0.493 e. The lowest BCUT2D eigenvalue weighted by atomic mass is 9.99. The number of amides is 1. The lowest BCUT2D eigenvalue weighted by Gasteiger charge is -2.25. The molecule has 0 fully saturated rings. The zero-order valence-corrected chi connectivity index (χ0v) is 24.5. The maximum atomic E-state index is 13.8. The highest BCUT2D eigenvalue weighted by atomic mass is 32.2. The Morgan fingerprint density at radius 1 is 1.07 bits per heavy atom. The highest BCUT2D eigenvalue weighted by molar-refractivity contribution is 7.91. The summed E-state index contributed by atoms with van der Waals surface area (Å²) < 4.78 is 29.1. The number of sulfone groups is 1. The van der Waals surface area contributed by atoms with Gasteiger partial charge in [0, 0.05) is 19.0 Å². The highest BCUT2D eigenvalue weighted by Crippen LogP contribution is 2.34. The number of hydrogen-bond acceptors (Lipinski definition) is 7. The van der Waals surface area contributed by atoms with Crippen LogP contribution in [0.3, 0.4) is 0 Å². The molecule has 0 spiro atoms. The second-order valence-electron chi connectivity index (χ2n) is 9.77. The number of benzene rings is 3. The van der Waals surface area contributed by atoms with Gasteiger partial charge in [0.1, 0.15) is 5.82 Å². The third-order valence-electron chi connectivity index (χ3n) is 7.13. The van der Waals surface area contributed by atoms with Gasteiger partial charge < -0.3 is 10.4 Å². The predicted octanol–water partition coefficient (Wildman–Crippen LogP) is 5.02. The van der Waals surface area contributed by atoms with Gasteiger partial charge in [0.2, 0.25) is 15.7 Å². The van der Waals surface area contributed by atoms with Crippen molar-refractivity contribution in [2.75, 3.05) is 7.05 Å². The summed E-state index contributed by atoms with van der Waals surface area (Å²) in [5.74, 6) is -0.703. The van der Waals surface area contributed by atoms with E-state index in [-0.39, 0.29) is 16.6 Å². The van der Waals surface area contributed by atoms with Crippen LogP contribution in [-0.4, -0.2) is 36.0 Å². The molecule has 0 saturated carbocycles. The Kier molecular flexibility index (Phi) is 9.23. The van der Waals surface area contributed by atoms with E-state index in [0.717, 1.165) is 6.42 Å². The predicted molar refractivity (Wildman–Crippen MR) is 159 cm³/mol. The fourth-order valence-corrected chi connectivity index (χ4v) is 6.35. The van der Waals surface area contributed by atoms with Crippen LogP contribution in [0.15, 0.2) is 87.4 Å². The second-order valence-corrected chi connectivity index (χ2v) is 11.7. The third-order valence-corrected chi connectivity index (χ3v) is 8.92. The van der Waals surface area contributed by atoms with Crippen LogP contribution in [0.2, 0.25) is 0 Å². The zero-order valence-electron chi connectivity index (χ0n) is 23.7. The van der Waals surface area contributed by atoms with Crippen LogP contribution in [0.5, 0.6) is 5.88 Å². The van der Waals surface area contributed by atoms with Crippen molar-refractivity contribution in [2.45, 2.75) is 55.4 Å². The van der Waals surface area contributed by atoms with E-state index < -0.39 is 32.2 Å². The molecule has 1 amide bonds. The van der Waals surface area contributed by atoms with Crippen LogP contribution >= 0.6 is 0 Å². The van der Waals surface area contributed by atoms with E-state index in [2.05, 4.69) is 16.4 Å². The Morgan fingerprint density at radius 3 is 2.43 bits per heavy atom. The van der Waals surface area contributed by atoms with Crippen molar-refractivity contribution in [3.63, 3.8) is 0 Å². The summed E-state index contributed by atoms with van der Waals surface area (Å²) in [6.45, 7) is 3.85.